The molecule has 0 bridgehead atoms. The number of hydrogen-bond donors (Lipinski definition) is 0. The van der Waals surface area contributed by atoms with Crippen LogP contribution in [0.1, 0.15) is 61.8 Å². The van der Waals surface area contributed by atoms with Crippen molar-refractivity contribution in [2.45, 2.75) is 76.1 Å². The standard InChI is InChI=1S/2C11H16O.2CH3.Sn/c2*1-3-4-6-10-7-5-8-11(12)9(10)2;;;/h2*5,7-8,12H,3-4,6H2,1-2H3;2*1H3;/q;;;;+2/p-2. The molecule has 0 heterocycles. The maximum atomic E-state index is 6.52. The summed E-state index contributed by atoms with van der Waals surface area (Å²) in [6.45, 7) is 8.83. The molecule has 2 aromatic carbocycles. The van der Waals surface area contributed by atoms with Gasteiger partial charge in [0.25, 0.3) is 0 Å². The van der Waals surface area contributed by atoms with Gasteiger partial charge in [0.05, 0.1) is 0 Å². The van der Waals surface area contributed by atoms with Gasteiger partial charge in [-0.05, 0) is 0 Å². The van der Waals surface area contributed by atoms with Crippen LogP contribution in [0.25, 0.3) is 0 Å². The molecule has 0 aliphatic rings. The molecule has 0 amide bonds. The van der Waals surface area contributed by atoms with E-state index >= 15 is 0 Å². The summed E-state index contributed by atoms with van der Waals surface area (Å²) >= 11 is -3.19. The van der Waals surface area contributed by atoms with Crippen LogP contribution < -0.4 is 6.15 Å². The van der Waals surface area contributed by atoms with Gasteiger partial charge in [0.15, 0.2) is 0 Å². The van der Waals surface area contributed by atoms with Gasteiger partial charge in [0, 0.05) is 0 Å². The van der Waals surface area contributed by atoms with Gasteiger partial charge < -0.3 is 0 Å². The number of hydrogen-bond acceptors (Lipinski definition) is 2. The summed E-state index contributed by atoms with van der Waals surface area (Å²) < 4.78 is 13.0. The van der Waals surface area contributed by atoms with E-state index in [9.17, 15) is 0 Å². The van der Waals surface area contributed by atoms with Crippen LogP contribution in [0.3, 0.4) is 0 Å². The Hall–Kier alpha value is -1.16. The first-order chi connectivity index (χ1) is 12.9. The molecule has 148 valence electrons. The summed E-state index contributed by atoms with van der Waals surface area (Å²) in [4.78, 5) is 4.40. The number of benzene rings is 2. The zero-order valence-electron chi connectivity index (χ0n) is 18.0. The summed E-state index contributed by atoms with van der Waals surface area (Å²) in [6.07, 6.45) is 7.11. The fourth-order valence-electron chi connectivity index (χ4n) is 3.37. The predicted octanol–water partition coefficient (Wildman–Crippen LogP) is 7.15. The minimum absolute atomic E-state index is 1.00. The van der Waals surface area contributed by atoms with E-state index in [1.807, 2.05) is 0 Å². The van der Waals surface area contributed by atoms with Gasteiger partial charge in [-0.1, -0.05) is 0 Å². The molecule has 0 fully saturated rings. The van der Waals surface area contributed by atoms with Crippen molar-refractivity contribution >= 4 is 19.2 Å². The fraction of sp³-hybridized carbons (Fsp3) is 0.500. The second kappa shape index (κ2) is 10.4. The van der Waals surface area contributed by atoms with Crippen molar-refractivity contribution < 1.29 is 6.15 Å². The Balaban J connectivity index is 2.16. The third kappa shape index (κ3) is 6.44. The second-order valence-corrected chi connectivity index (χ2v) is 17.0. The van der Waals surface area contributed by atoms with Crippen molar-refractivity contribution in [2.75, 3.05) is 0 Å². The van der Waals surface area contributed by atoms with Crippen LogP contribution in [0.4, 0.5) is 0 Å². The van der Waals surface area contributed by atoms with Crippen molar-refractivity contribution in [1.82, 2.24) is 0 Å². The Kier molecular flexibility index (Phi) is 8.53. The van der Waals surface area contributed by atoms with Crippen molar-refractivity contribution in [2.24, 2.45) is 0 Å². The van der Waals surface area contributed by atoms with Crippen molar-refractivity contribution in [1.29, 1.82) is 0 Å². The molecule has 0 saturated heterocycles. The zero-order valence-corrected chi connectivity index (χ0v) is 20.9. The zero-order chi connectivity index (χ0) is 19.9. The van der Waals surface area contributed by atoms with Crippen LogP contribution in [0, 0.1) is 13.8 Å². The average Bonchev–Trinajstić information content (AvgIpc) is 2.63. The van der Waals surface area contributed by atoms with Gasteiger partial charge >= 0.3 is 172 Å². The molecule has 0 spiro atoms. The number of rotatable bonds is 10. The molecule has 0 radical (unpaired) electrons. The summed E-state index contributed by atoms with van der Waals surface area (Å²) in [5.74, 6) is 2.01. The molecule has 2 aromatic rings. The van der Waals surface area contributed by atoms with Crippen LogP contribution >= 0.6 is 0 Å². The molecule has 0 aromatic heterocycles. The predicted molar refractivity (Wildman–Crippen MR) is 118 cm³/mol. The van der Waals surface area contributed by atoms with Crippen LogP contribution in [0.5, 0.6) is 11.5 Å². The second-order valence-electron chi connectivity index (χ2n) is 7.89. The van der Waals surface area contributed by atoms with Crippen molar-refractivity contribution in [3.8, 4) is 11.5 Å². The van der Waals surface area contributed by atoms with E-state index < -0.39 is 19.2 Å². The Morgan fingerprint density at radius 2 is 1.11 bits per heavy atom. The van der Waals surface area contributed by atoms with Gasteiger partial charge in [0.1, 0.15) is 0 Å². The van der Waals surface area contributed by atoms with Crippen LogP contribution in [-0.4, -0.2) is 19.2 Å². The van der Waals surface area contributed by atoms with E-state index in [2.05, 4.69) is 74.0 Å². The van der Waals surface area contributed by atoms with Gasteiger partial charge in [-0.3, -0.25) is 0 Å². The molecule has 2 nitrogen and oxygen atoms in total. The molecule has 0 N–H and O–H groups in total. The van der Waals surface area contributed by atoms with E-state index in [1.165, 1.54) is 47.9 Å². The van der Waals surface area contributed by atoms with E-state index in [1.54, 1.807) is 0 Å². The Morgan fingerprint density at radius 1 is 0.704 bits per heavy atom. The summed E-state index contributed by atoms with van der Waals surface area (Å²) in [5, 5.41) is 0. The molecule has 2 rings (SSSR count). The Morgan fingerprint density at radius 3 is 1.48 bits per heavy atom. The first-order valence-electron chi connectivity index (χ1n) is 10.4. The quantitative estimate of drug-likeness (QED) is 0.340. The first-order valence-corrected chi connectivity index (χ1v) is 18.5. The summed E-state index contributed by atoms with van der Waals surface area (Å²) in [5.41, 5.74) is 5.34. The SMILES string of the molecule is CCCCc1cccc([O][Sn]([CH3])([CH3])[O]c2cccc(CCCC)c2C)c1C. The van der Waals surface area contributed by atoms with Crippen LogP contribution in [0.2, 0.25) is 9.88 Å². The van der Waals surface area contributed by atoms with Gasteiger partial charge in [-0.25, -0.2) is 0 Å². The topological polar surface area (TPSA) is 18.5 Å². The normalized spacial score (nSPS) is 11.5. The summed E-state index contributed by atoms with van der Waals surface area (Å²) in [7, 11) is 0. The fourth-order valence-corrected chi connectivity index (χ4v) is 7.77. The van der Waals surface area contributed by atoms with E-state index in [0.717, 1.165) is 24.3 Å². The Bertz CT molecular complexity index is 676. The van der Waals surface area contributed by atoms with Gasteiger partial charge in [0.2, 0.25) is 0 Å². The third-order valence-electron chi connectivity index (χ3n) is 5.10. The molecule has 27 heavy (non-hydrogen) atoms. The Labute approximate surface area is 171 Å². The summed E-state index contributed by atoms with van der Waals surface area (Å²) in [6, 6.07) is 12.9. The molecule has 0 aliphatic heterocycles. The number of aryl methyl sites for hydroxylation is 2. The molecule has 0 saturated carbocycles. The monoisotopic (exact) mass is 476 g/mol. The molecular weight excluding hydrogens is 439 g/mol. The molecule has 0 atom stereocenters. The van der Waals surface area contributed by atoms with Crippen molar-refractivity contribution in [3.05, 3.63) is 58.7 Å². The molecular formula is C24H36O2Sn. The molecule has 0 aliphatic carbocycles. The number of unbranched alkanes of at least 4 members (excludes halogenated alkanes) is 2. The molecule has 3 heteroatoms. The average molecular weight is 475 g/mol. The minimum atomic E-state index is -3.19. The van der Waals surface area contributed by atoms with Crippen LogP contribution in [0.15, 0.2) is 36.4 Å². The van der Waals surface area contributed by atoms with E-state index in [4.69, 9.17) is 6.15 Å². The van der Waals surface area contributed by atoms with Crippen LogP contribution in [-0.2, 0) is 12.8 Å². The van der Waals surface area contributed by atoms with Gasteiger partial charge in [-0.2, -0.15) is 0 Å². The van der Waals surface area contributed by atoms with Gasteiger partial charge in [-0.15, -0.1) is 0 Å². The van der Waals surface area contributed by atoms with E-state index in [0.29, 0.717) is 0 Å². The first kappa shape index (κ1) is 22.1. The maximum absolute atomic E-state index is 6.52. The molecule has 0 unspecified atom stereocenters. The van der Waals surface area contributed by atoms with Crippen molar-refractivity contribution in [3.63, 3.8) is 0 Å². The van der Waals surface area contributed by atoms with E-state index in [-0.39, 0.29) is 0 Å². The third-order valence-corrected chi connectivity index (χ3v) is 9.16.